The van der Waals surface area contributed by atoms with Crippen LogP contribution in [0, 0.1) is 23.2 Å². The maximum absolute atomic E-state index is 3.54. The smallest absolute Gasteiger partial charge is 0.00151 e. The summed E-state index contributed by atoms with van der Waals surface area (Å²) < 4.78 is 0. The highest BCUT2D eigenvalue weighted by atomic mass is 14.9. The predicted molar refractivity (Wildman–Crippen MR) is 63.8 cm³/mol. The van der Waals surface area contributed by atoms with E-state index < -0.39 is 0 Å². The van der Waals surface area contributed by atoms with Crippen molar-refractivity contribution >= 4 is 0 Å². The van der Waals surface area contributed by atoms with Crippen LogP contribution in [0.5, 0.6) is 0 Å². The van der Waals surface area contributed by atoms with Gasteiger partial charge in [0.1, 0.15) is 0 Å². The van der Waals surface area contributed by atoms with Crippen LogP contribution in [0.3, 0.4) is 0 Å². The third kappa shape index (κ3) is 1.95. The lowest BCUT2D eigenvalue weighted by atomic mass is 9.75. The summed E-state index contributed by atoms with van der Waals surface area (Å²) in [6.45, 7) is 4.68. The first kappa shape index (κ1) is 10.1. The molecule has 1 nitrogen and oxygen atoms in total. The van der Waals surface area contributed by atoms with E-state index in [9.17, 15) is 0 Å². The lowest BCUT2D eigenvalue weighted by molar-refractivity contribution is 0.208. The van der Waals surface area contributed by atoms with E-state index in [2.05, 4.69) is 12.2 Å². The zero-order valence-corrected chi connectivity index (χ0v) is 10.1. The van der Waals surface area contributed by atoms with Gasteiger partial charge in [0.2, 0.25) is 0 Å². The highest BCUT2D eigenvalue weighted by molar-refractivity contribution is 5.07. The van der Waals surface area contributed by atoms with Gasteiger partial charge < -0.3 is 5.32 Å². The number of hydrogen-bond donors (Lipinski definition) is 1. The largest absolute Gasteiger partial charge is 0.317 e. The fourth-order valence-corrected chi connectivity index (χ4v) is 4.01. The Morgan fingerprint density at radius 1 is 1.13 bits per heavy atom. The molecule has 0 aromatic rings. The number of hydrogen-bond acceptors (Lipinski definition) is 1. The molecule has 0 amide bonds. The summed E-state index contributed by atoms with van der Waals surface area (Å²) in [5.41, 5.74) is 0.827. The Morgan fingerprint density at radius 2 is 2.00 bits per heavy atom. The van der Waals surface area contributed by atoms with Crippen LogP contribution in [-0.2, 0) is 0 Å². The highest BCUT2D eigenvalue weighted by Crippen LogP contribution is 2.64. The monoisotopic (exact) mass is 207 g/mol. The second-order valence-electron chi connectivity index (χ2n) is 6.26. The minimum Gasteiger partial charge on any atom is -0.317 e. The Bertz CT molecular complexity index is 233. The molecule has 3 aliphatic carbocycles. The number of nitrogens with one attached hydrogen (secondary N) is 1. The molecular weight excluding hydrogens is 182 g/mol. The maximum Gasteiger partial charge on any atom is -0.00151 e. The minimum absolute atomic E-state index is 0.827. The fraction of sp³-hybridized carbons (Fsp3) is 1.00. The van der Waals surface area contributed by atoms with Gasteiger partial charge in [-0.3, -0.25) is 0 Å². The first-order valence-electron chi connectivity index (χ1n) is 7.05. The van der Waals surface area contributed by atoms with Crippen LogP contribution in [0.25, 0.3) is 0 Å². The van der Waals surface area contributed by atoms with Gasteiger partial charge in [-0.2, -0.15) is 0 Å². The molecule has 0 aliphatic heterocycles. The Morgan fingerprint density at radius 3 is 2.73 bits per heavy atom. The molecule has 1 N–H and O–H groups in total. The lowest BCUT2D eigenvalue weighted by Gasteiger charge is -2.30. The zero-order valence-electron chi connectivity index (χ0n) is 10.1. The molecule has 3 unspecified atom stereocenters. The van der Waals surface area contributed by atoms with E-state index in [-0.39, 0.29) is 0 Å². The molecule has 3 atom stereocenters. The Balaban J connectivity index is 1.53. The van der Waals surface area contributed by atoms with Crippen LogP contribution >= 0.6 is 0 Å². The summed E-state index contributed by atoms with van der Waals surface area (Å²) in [7, 11) is 0. The maximum atomic E-state index is 3.54. The average molecular weight is 207 g/mol. The third-order valence-corrected chi connectivity index (χ3v) is 5.21. The van der Waals surface area contributed by atoms with E-state index in [1.807, 2.05) is 0 Å². The third-order valence-electron chi connectivity index (χ3n) is 5.21. The summed E-state index contributed by atoms with van der Waals surface area (Å²) in [5, 5.41) is 3.54. The SMILES string of the molecule is CCNCC1CC12CCCC(C1CC1)C2. The second kappa shape index (κ2) is 3.76. The highest BCUT2D eigenvalue weighted by Gasteiger charge is 2.56. The lowest BCUT2D eigenvalue weighted by Crippen LogP contribution is -2.24. The standard InChI is InChI=1S/C14H25N/c1-2-15-10-13-9-14(13)7-3-4-12(8-14)11-5-6-11/h11-13,15H,2-10H2,1H3. The summed E-state index contributed by atoms with van der Waals surface area (Å²) in [5.74, 6) is 3.33. The summed E-state index contributed by atoms with van der Waals surface area (Å²) >= 11 is 0. The van der Waals surface area contributed by atoms with E-state index in [1.165, 1.54) is 13.0 Å². The molecule has 3 rings (SSSR count). The van der Waals surface area contributed by atoms with Crippen molar-refractivity contribution in [2.24, 2.45) is 23.2 Å². The van der Waals surface area contributed by atoms with Crippen molar-refractivity contribution in [3.05, 3.63) is 0 Å². The molecule has 0 heterocycles. The molecule has 1 spiro atoms. The van der Waals surface area contributed by atoms with Crippen LogP contribution in [0.2, 0.25) is 0 Å². The van der Waals surface area contributed by atoms with Crippen molar-refractivity contribution in [3.8, 4) is 0 Å². The molecule has 0 aromatic heterocycles. The topological polar surface area (TPSA) is 12.0 Å². The van der Waals surface area contributed by atoms with Crippen molar-refractivity contribution in [2.75, 3.05) is 13.1 Å². The van der Waals surface area contributed by atoms with Gasteiger partial charge in [0.15, 0.2) is 0 Å². The Hall–Kier alpha value is -0.0400. The summed E-state index contributed by atoms with van der Waals surface area (Å²) in [6.07, 6.45) is 10.9. The molecule has 3 fully saturated rings. The molecule has 3 aliphatic rings. The predicted octanol–water partition coefficient (Wildman–Crippen LogP) is 3.20. The molecule has 0 radical (unpaired) electrons. The van der Waals surface area contributed by atoms with Crippen molar-refractivity contribution in [1.82, 2.24) is 5.32 Å². The van der Waals surface area contributed by atoms with Gasteiger partial charge in [0, 0.05) is 0 Å². The molecule has 0 aromatic carbocycles. The number of rotatable bonds is 4. The first-order valence-corrected chi connectivity index (χ1v) is 7.05. The van der Waals surface area contributed by atoms with Crippen LogP contribution in [0.15, 0.2) is 0 Å². The molecular formula is C14H25N. The van der Waals surface area contributed by atoms with Crippen molar-refractivity contribution < 1.29 is 0 Å². The fourth-order valence-electron chi connectivity index (χ4n) is 4.01. The van der Waals surface area contributed by atoms with E-state index in [4.69, 9.17) is 0 Å². The van der Waals surface area contributed by atoms with Gasteiger partial charge in [-0.05, 0) is 68.4 Å². The van der Waals surface area contributed by atoms with Gasteiger partial charge >= 0.3 is 0 Å². The Labute approximate surface area is 94.0 Å². The van der Waals surface area contributed by atoms with E-state index in [1.54, 1.807) is 38.5 Å². The molecule has 15 heavy (non-hydrogen) atoms. The van der Waals surface area contributed by atoms with Gasteiger partial charge in [0.05, 0.1) is 0 Å². The van der Waals surface area contributed by atoms with Gasteiger partial charge in [0.25, 0.3) is 0 Å². The summed E-state index contributed by atoms with van der Waals surface area (Å²) in [6, 6.07) is 0. The molecule has 0 bridgehead atoms. The normalized spacial score (nSPS) is 44.6. The van der Waals surface area contributed by atoms with Crippen molar-refractivity contribution in [3.63, 3.8) is 0 Å². The van der Waals surface area contributed by atoms with Crippen molar-refractivity contribution in [2.45, 2.75) is 51.9 Å². The van der Waals surface area contributed by atoms with Crippen LogP contribution < -0.4 is 5.32 Å². The molecule has 86 valence electrons. The molecule has 1 heteroatoms. The van der Waals surface area contributed by atoms with E-state index >= 15 is 0 Å². The van der Waals surface area contributed by atoms with E-state index in [0.29, 0.717) is 0 Å². The van der Waals surface area contributed by atoms with Crippen molar-refractivity contribution in [1.29, 1.82) is 0 Å². The molecule has 0 saturated heterocycles. The van der Waals surface area contributed by atoms with Crippen LogP contribution in [-0.4, -0.2) is 13.1 Å². The van der Waals surface area contributed by atoms with Crippen LogP contribution in [0.4, 0.5) is 0 Å². The second-order valence-corrected chi connectivity index (χ2v) is 6.26. The zero-order chi connectivity index (χ0) is 10.3. The quantitative estimate of drug-likeness (QED) is 0.746. The molecule has 3 saturated carbocycles. The van der Waals surface area contributed by atoms with E-state index in [0.717, 1.165) is 29.7 Å². The van der Waals surface area contributed by atoms with Gasteiger partial charge in [-0.15, -0.1) is 0 Å². The summed E-state index contributed by atoms with van der Waals surface area (Å²) in [4.78, 5) is 0. The van der Waals surface area contributed by atoms with Crippen LogP contribution in [0.1, 0.15) is 51.9 Å². The average Bonchev–Trinajstić information content (AvgIpc) is 3.12. The Kier molecular flexibility index (Phi) is 2.54. The van der Waals surface area contributed by atoms with Gasteiger partial charge in [-0.25, -0.2) is 0 Å². The van der Waals surface area contributed by atoms with Gasteiger partial charge in [-0.1, -0.05) is 19.8 Å². The minimum atomic E-state index is 0.827. The first-order chi connectivity index (χ1) is 7.34.